The van der Waals surface area contributed by atoms with Crippen LogP contribution in [0, 0.1) is 0 Å². The smallest absolute Gasteiger partial charge is 0.174 e. The monoisotopic (exact) mass is 307 g/mol. The van der Waals surface area contributed by atoms with E-state index in [0.29, 0.717) is 10.6 Å². The Morgan fingerprint density at radius 2 is 1.78 bits per heavy atom. The predicted octanol–water partition coefficient (Wildman–Crippen LogP) is 4.60. The third-order valence-electron chi connectivity index (χ3n) is 3.46. The lowest BCUT2D eigenvalue weighted by molar-refractivity contribution is 0.534. The number of nitrogens with two attached hydrogens (primary N) is 1. The van der Waals surface area contributed by atoms with Crippen LogP contribution in [0.4, 0.5) is 0 Å². The minimum Gasteiger partial charge on any atom is -0.457 e. The zero-order valence-electron chi connectivity index (χ0n) is 10.7. The molecule has 0 radical (unpaired) electrons. The maximum absolute atomic E-state index is 6.23. The fourth-order valence-corrected chi connectivity index (χ4v) is 2.46. The molecule has 1 aromatic heterocycles. The SMILES string of the molecule is CCC(C)c1ccc(C(N)c2ccoc2Br)cc1. The molecule has 0 spiro atoms. The van der Waals surface area contributed by atoms with Gasteiger partial charge in [0.25, 0.3) is 0 Å². The van der Waals surface area contributed by atoms with E-state index in [9.17, 15) is 0 Å². The van der Waals surface area contributed by atoms with Gasteiger partial charge in [0.05, 0.1) is 12.3 Å². The highest BCUT2D eigenvalue weighted by Crippen LogP contribution is 2.28. The number of halogens is 1. The third-order valence-corrected chi connectivity index (χ3v) is 4.10. The van der Waals surface area contributed by atoms with Gasteiger partial charge in [-0.2, -0.15) is 0 Å². The highest BCUT2D eigenvalue weighted by atomic mass is 79.9. The lowest BCUT2D eigenvalue weighted by atomic mass is 9.95. The van der Waals surface area contributed by atoms with Crippen molar-refractivity contribution in [1.29, 1.82) is 0 Å². The van der Waals surface area contributed by atoms with Crippen LogP contribution in [-0.2, 0) is 0 Å². The summed E-state index contributed by atoms with van der Waals surface area (Å²) in [6, 6.07) is 10.3. The molecule has 0 aliphatic carbocycles. The van der Waals surface area contributed by atoms with Crippen LogP contribution in [0.25, 0.3) is 0 Å². The number of hydrogen-bond donors (Lipinski definition) is 1. The van der Waals surface area contributed by atoms with Gasteiger partial charge in [-0.15, -0.1) is 0 Å². The van der Waals surface area contributed by atoms with E-state index in [2.05, 4.69) is 54.0 Å². The van der Waals surface area contributed by atoms with Crippen molar-refractivity contribution in [3.8, 4) is 0 Å². The summed E-state index contributed by atoms with van der Waals surface area (Å²) in [7, 11) is 0. The molecule has 1 heterocycles. The minimum atomic E-state index is -0.149. The number of furan rings is 1. The standard InChI is InChI=1S/C15H18BrNO/c1-3-10(2)11-4-6-12(7-5-11)14(17)13-8-9-18-15(13)16/h4-10,14H,3,17H2,1-2H3. The minimum absolute atomic E-state index is 0.149. The van der Waals surface area contributed by atoms with Gasteiger partial charge in [0.15, 0.2) is 4.67 Å². The van der Waals surface area contributed by atoms with Crippen LogP contribution < -0.4 is 5.73 Å². The van der Waals surface area contributed by atoms with Crippen LogP contribution in [0.15, 0.2) is 45.7 Å². The Kier molecular flexibility index (Phi) is 4.25. The molecule has 2 unspecified atom stereocenters. The fourth-order valence-electron chi connectivity index (χ4n) is 1.97. The van der Waals surface area contributed by atoms with E-state index in [1.54, 1.807) is 6.26 Å². The molecule has 0 fully saturated rings. The summed E-state index contributed by atoms with van der Waals surface area (Å²) in [5, 5.41) is 0. The summed E-state index contributed by atoms with van der Waals surface area (Å²) < 4.78 is 5.93. The molecule has 2 N–H and O–H groups in total. The first kappa shape index (κ1) is 13.4. The number of rotatable bonds is 4. The first-order valence-electron chi connectivity index (χ1n) is 6.21. The summed E-state index contributed by atoms with van der Waals surface area (Å²) in [6.07, 6.45) is 2.80. The Morgan fingerprint density at radius 3 is 2.28 bits per heavy atom. The zero-order valence-corrected chi connectivity index (χ0v) is 12.3. The van der Waals surface area contributed by atoms with Crippen molar-refractivity contribution in [2.45, 2.75) is 32.2 Å². The van der Waals surface area contributed by atoms with Crippen LogP contribution in [0.3, 0.4) is 0 Å². The van der Waals surface area contributed by atoms with Crippen LogP contribution in [0.5, 0.6) is 0 Å². The second kappa shape index (κ2) is 5.72. The number of benzene rings is 1. The fraction of sp³-hybridized carbons (Fsp3) is 0.333. The Labute approximate surface area is 116 Å². The molecule has 0 amide bonds. The maximum Gasteiger partial charge on any atom is 0.174 e. The van der Waals surface area contributed by atoms with E-state index in [1.165, 1.54) is 5.56 Å². The van der Waals surface area contributed by atoms with Crippen molar-refractivity contribution in [3.05, 3.63) is 58.0 Å². The average molecular weight is 308 g/mol. The van der Waals surface area contributed by atoms with E-state index in [-0.39, 0.29) is 6.04 Å². The van der Waals surface area contributed by atoms with E-state index in [1.807, 2.05) is 6.07 Å². The highest BCUT2D eigenvalue weighted by molar-refractivity contribution is 9.10. The van der Waals surface area contributed by atoms with Crippen molar-refractivity contribution < 1.29 is 4.42 Å². The van der Waals surface area contributed by atoms with Gasteiger partial charge in [-0.1, -0.05) is 38.1 Å². The molecule has 0 aliphatic rings. The quantitative estimate of drug-likeness (QED) is 0.896. The lowest BCUT2D eigenvalue weighted by Crippen LogP contribution is -2.11. The third kappa shape index (κ3) is 2.68. The summed E-state index contributed by atoms with van der Waals surface area (Å²) in [6.45, 7) is 4.44. The lowest BCUT2D eigenvalue weighted by Gasteiger charge is -2.13. The van der Waals surface area contributed by atoms with Crippen molar-refractivity contribution in [2.75, 3.05) is 0 Å². The molecular formula is C15H18BrNO. The Hall–Kier alpha value is -1.06. The van der Waals surface area contributed by atoms with Gasteiger partial charge in [-0.05, 0) is 45.5 Å². The molecule has 3 heteroatoms. The van der Waals surface area contributed by atoms with Crippen LogP contribution in [0.1, 0.15) is 48.9 Å². The molecule has 0 bridgehead atoms. The van der Waals surface area contributed by atoms with Crippen LogP contribution in [-0.4, -0.2) is 0 Å². The Morgan fingerprint density at radius 1 is 1.17 bits per heavy atom. The molecule has 0 aliphatic heterocycles. The summed E-state index contributed by atoms with van der Waals surface area (Å²) >= 11 is 3.37. The second-order valence-electron chi connectivity index (χ2n) is 4.60. The summed E-state index contributed by atoms with van der Waals surface area (Å²) in [5.74, 6) is 0.593. The van der Waals surface area contributed by atoms with Gasteiger partial charge in [0, 0.05) is 5.56 Å². The van der Waals surface area contributed by atoms with Gasteiger partial charge >= 0.3 is 0 Å². The molecule has 18 heavy (non-hydrogen) atoms. The molecule has 2 nitrogen and oxygen atoms in total. The summed E-state index contributed by atoms with van der Waals surface area (Å²) in [4.78, 5) is 0. The molecule has 2 atom stereocenters. The highest BCUT2D eigenvalue weighted by Gasteiger charge is 2.14. The molecule has 2 rings (SSSR count). The Balaban J connectivity index is 2.22. The molecule has 0 saturated carbocycles. The average Bonchev–Trinajstić information content (AvgIpc) is 2.83. The normalized spacial score (nSPS) is 14.4. The van der Waals surface area contributed by atoms with Gasteiger partial charge in [0.2, 0.25) is 0 Å². The van der Waals surface area contributed by atoms with Crippen LogP contribution in [0.2, 0.25) is 0 Å². The van der Waals surface area contributed by atoms with Crippen molar-refractivity contribution >= 4 is 15.9 Å². The van der Waals surface area contributed by atoms with E-state index >= 15 is 0 Å². The predicted molar refractivity (Wildman–Crippen MR) is 77.6 cm³/mol. The first-order chi connectivity index (χ1) is 8.63. The van der Waals surface area contributed by atoms with Gasteiger partial charge in [-0.3, -0.25) is 0 Å². The molecule has 96 valence electrons. The topological polar surface area (TPSA) is 39.2 Å². The molecular weight excluding hydrogens is 290 g/mol. The van der Waals surface area contributed by atoms with E-state index in [4.69, 9.17) is 10.2 Å². The maximum atomic E-state index is 6.23. The first-order valence-corrected chi connectivity index (χ1v) is 7.01. The van der Waals surface area contributed by atoms with Crippen LogP contribution >= 0.6 is 15.9 Å². The van der Waals surface area contributed by atoms with Gasteiger partial charge in [-0.25, -0.2) is 0 Å². The van der Waals surface area contributed by atoms with Crippen molar-refractivity contribution in [2.24, 2.45) is 5.73 Å². The van der Waals surface area contributed by atoms with Crippen molar-refractivity contribution in [1.82, 2.24) is 0 Å². The van der Waals surface area contributed by atoms with E-state index < -0.39 is 0 Å². The van der Waals surface area contributed by atoms with Gasteiger partial charge < -0.3 is 10.2 Å². The van der Waals surface area contributed by atoms with Gasteiger partial charge in [0.1, 0.15) is 0 Å². The molecule has 2 aromatic rings. The summed E-state index contributed by atoms with van der Waals surface area (Å²) in [5.41, 5.74) is 9.67. The zero-order chi connectivity index (χ0) is 13.1. The van der Waals surface area contributed by atoms with E-state index in [0.717, 1.165) is 17.5 Å². The molecule has 1 aromatic carbocycles. The number of hydrogen-bond acceptors (Lipinski definition) is 2. The Bertz CT molecular complexity index is 503. The van der Waals surface area contributed by atoms with Crippen molar-refractivity contribution in [3.63, 3.8) is 0 Å². The second-order valence-corrected chi connectivity index (χ2v) is 5.32. The largest absolute Gasteiger partial charge is 0.457 e. The molecule has 0 saturated heterocycles.